The van der Waals surface area contributed by atoms with Crippen molar-refractivity contribution < 1.29 is 9.59 Å². The minimum Gasteiger partial charge on any atom is -0.351 e. The molecule has 2 N–H and O–H groups in total. The second-order valence-corrected chi connectivity index (χ2v) is 9.27. The minimum atomic E-state index is -0.218. The van der Waals surface area contributed by atoms with Gasteiger partial charge in [0.15, 0.2) is 4.34 Å². The highest BCUT2D eigenvalue weighted by Gasteiger charge is 2.13. The average Bonchev–Trinajstić information content (AvgIpc) is 3.32. The molecule has 130 valence electrons. The lowest BCUT2D eigenvalue weighted by Gasteiger charge is -1.98. The fraction of sp³-hybridized carbons (Fsp3) is 0.200. The van der Waals surface area contributed by atoms with Crippen molar-refractivity contribution in [3.05, 3.63) is 44.3 Å². The molecule has 0 spiro atoms. The number of hydrogen-bond acceptors (Lipinski definition) is 8. The molecule has 0 fully saturated rings. The Labute approximate surface area is 160 Å². The Balaban J connectivity index is 1.53. The molecular formula is C15H14N4O2S4. The second-order valence-electron chi connectivity index (χ2n) is 4.87. The van der Waals surface area contributed by atoms with Crippen molar-refractivity contribution in [2.45, 2.75) is 23.6 Å². The van der Waals surface area contributed by atoms with Crippen molar-refractivity contribution >= 4 is 62.7 Å². The van der Waals surface area contributed by atoms with Crippen LogP contribution in [0.5, 0.6) is 0 Å². The SMILES string of the molecule is CC(=O)NCc1ccc(C(=O)Nc2nnc(SCc3cccs3)s2)s1. The first-order valence-electron chi connectivity index (χ1n) is 7.23. The zero-order chi connectivity index (χ0) is 17.6. The summed E-state index contributed by atoms with van der Waals surface area (Å²) in [6.07, 6.45) is 0. The molecule has 0 unspecified atom stereocenters. The van der Waals surface area contributed by atoms with Crippen LogP contribution in [0.4, 0.5) is 5.13 Å². The van der Waals surface area contributed by atoms with E-state index in [2.05, 4.69) is 26.9 Å². The van der Waals surface area contributed by atoms with Crippen LogP contribution in [-0.4, -0.2) is 22.0 Å². The van der Waals surface area contributed by atoms with Crippen molar-refractivity contribution in [1.82, 2.24) is 15.5 Å². The first kappa shape index (κ1) is 18.1. The van der Waals surface area contributed by atoms with E-state index in [-0.39, 0.29) is 11.8 Å². The van der Waals surface area contributed by atoms with E-state index in [9.17, 15) is 9.59 Å². The molecule has 0 aromatic carbocycles. The largest absolute Gasteiger partial charge is 0.351 e. The number of nitrogens with one attached hydrogen (secondary N) is 2. The summed E-state index contributed by atoms with van der Waals surface area (Å²) in [5.74, 6) is 0.531. The molecule has 0 saturated heterocycles. The van der Waals surface area contributed by atoms with Crippen LogP contribution in [0.1, 0.15) is 26.3 Å². The van der Waals surface area contributed by atoms with Gasteiger partial charge in [0.25, 0.3) is 5.91 Å². The number of aromatic nitrogens is 2. The van der Waals surface area contributed by atoms with Gasteiger partial charge in [-0.05, 0) is 23.6 Å². The Hall–Kier alpha value is -1.75. The third-order valence-corrected chi connectivity index (χ3v) is 7.11. The molecule has 0 bridgehead atoms. The summed E-state index contributed by atoms with van der Waals surface area (Å²) in [5, 5.41) is 16.1. The number of hydrogen-bond donors (Lipinski definition) is 2. The molecule has 0 radical (unpaired) electrons. The number of anilines is 1. The van der Waals surface area contributed by atoms with Crippen molar-refractivity contribution in [3.63, 3.8) is 0 Å². The average molecular weight is 411 g/mol. The van der Waals surface area contributed by atoms with Crippen molar-refractivity contribution in [2.24, 2.45) is 0 Å². The van der Waals surface area contributed by atoms with E-state index < -0.39 is 0 Å². The zero-order valence-corrected chi connectivity index (χ0v) is 16.4. The smallest absolute Gasteiger partial charge is 0.267 e. The van der Waals surface area contributed by atoms with Crippen LogP contribution >= 0.6 is 45.8 Å². The van der Waals surface area contributed by atoms with Gasteiger partial charge in [-0.3, -0.25) is 14.9 Å². The first-order chi connectivity index (χ1) is 12.1. The lowest BCUT2D eigenvalue weighted by molar-refractivity contribution is -0.119. The number of carbonyl (C=O) groups excluding carboxylic acids is 2. The van der Waals surface area contributed by atoms with Crippen LogP contribution in [0.15, 0.2) is 34.0 Å². The summed E-state index contributed by atoms with van der Waals surface area (Å²) in [6.45, 7) is 1.89. The standard InChI is InChI=1S/C15H14N4O2S4/c1-9(20)16-7-10-4-5-12(24-10)13(21)17-14-18-19-15(25-14)23-8-11-3-2-6-22-11/h2-6H,7-8H2,1H3,(H,16,20)(H,17,18,21). The molecule has 6 nitrogen and oxygen atoms in total. The van der Waals surface area contributed by atoms with Crippen LogP contribution in [0.25, 0.3) is 0 Å². The van der Waals surface area contributed by atoms with E-state index in [4.69, 9.17) is 0 Å². The molecule has 0 saturated carbocycles. The Kier molecular flexibility index (Phi) is 6.19. The molecular weight excluding hydrogens is 396 g/mol. The Bertz CT molecular complexity index is 857. The van der Waals surface area contributed by atoms with Crippen molar-refractivity contribution in [1.29, 1.82) is 0 Å². The maximum Gasteiger partial charge on any atom is 0.267 e. The molecule has 3 heterocycles. The first-order valence-corrected chi connectivity index (χ1v) is 10.7. The molecule has 2 amide bonds. The lowest BCUT2D eigenvalue weighted by Crippen LogP contribution is -2.18. The number of thioether (sulfide) groups is 1. The molecule has 3 aromatic rings. The highest BCUT2D eigenvalue weighted by Crippen LogP contribution is 2.30. The van der Waals surface area contributed by atoms with Gasteiger partial charge in [-0.1, -0.05) is 29.2 Å². The van der Waals surface area contributed by atoms with Gasteiger partial charge in [0.05, 0.1) is 11.4 Å². The third-order valence-electron chi connectivity index (χ3n) is 2.94. The van der Waals surface area contributed by atoms with Gasteiger partial charge >= 0.3 is 0 Å². The van der Waals surface area contributed by atoms with Crippen LogP contribution in [-0.2, 0) is 17.1 Å². The van der Waals surface area contributed by atoms with Gasteiger partial charge in [-0.15, -0.1) is 32.9 Å². The topological polar surface area (TPSA) is 84.0 Å². The molecule has 0 atom stereocenters. The molecule has 0 aliphatic carbocycles. The quantitative estimate of drug-likeness (QED) is 0.457. The number of nitrogens with zero attached hydrogens (tertiary/aromatic N) is 2. The normalized spacial score (nSPS) is 10.6. The summed E-state index contributed by atoms with van der Waals surface area (Å²) in [4.78, 5) is 26.0. The summed E-state index contributed by atoms with van der Waals surface area (Å²) in [7, 11) is 0. The number of amides is 2. The molecule has 3 rings (SSSR count). The zero-order valence-electron chi connectivity index (χ0n) is 13.1. The van der Waals surface area contributed by atoms with Gasteiger partial charge < -0.3 is 5.32 Å². The van der Waals surface area contributed by atoms with Crippen LogP contribution in [0.3, 0.4) is 0 Å². The van der Waals surface area contributed by atoms with Crippen molar-refractivity contribution in [2.75, 3.05) is 5.32 Å². The van der Waals surface area contributed by atoms with E-state index in [0.29, 0.717) is 16.6 Å². The summed E-state index contributed by atoms with van der Waals surface area (Å²) >= 11 is 6.01. The van der Waals surface area contributed by atoms with Gasteiger partial charge in [0.2, 0.25) is 11.0 Å². The summed E-state index contributed by atoms with van der Waals surface area (Å²) in [6, 6.07) is 7.67. The third kappa shape index (κ3) is 5.36. The predicted molar refractivity (Wildman–Crippen MR) is 104 cm³/mol. The Morgan fingerprint density at radius 1 is 1.16 bits per heavy atom. The summed E-state index contributed by atoms with van der Waals surface area (Å²) < 4.78 is 0.821. The lowest BCUT2D eigenvalue weighted by atomic mass is 10.4. The second kappa shape index (κ2) is 8.56. The van der Waals surface area contributed by atoms with E-state index in [1.807, 2.05) is 17.5 Å². The van der Waals surface area contributed by atoms with E-state index in [0.717, 1.165) is 15.0 Å². The Morgan fingerprint density at radius 2 is 2.04 bits per heavy atom. The molecule has 0 aliphatic heterocycles. The minimum absolute atomic E-state index is 0.0964. The van der Waals surface area contributed by atoms with Gasteiger partial charge in [0, 0.05) is 22.4 Å². The summed E-state index contributed by atoms with van der Waals surface area (Å²) in [5.41, 5.74) is 0. The van der Waals surface area contributed by atoms with Crippen LogP contribution in [0.2, 0.25) is 0 Å². The number of rotatable bonds is 7. The van der Waals surface area contributed by atoms with Gasteiger partial charge in [0.1, 0.15) is 0 Å². The van der Waals surface area contributed by atoms with Crippen molar-refractivity contribution in [3.8, 4) is 0 Å². The maximum atomic E-state index is 12.3. The highest BCUT2D eigenvalue weighted by atomic mass is 32.2. The number of thiophene rings is 2. The fourth-order valence-electron chi connectivity index (χ4n) is 1.81. The fourth-order valence-corrected chi connectivity index (χ4v) is 5.17. The van der Waals surface area contributed by atoms with Crippen LogP contribution < -0.4 is 10.6 Å². The highest BCUT2D eigenvalue weighted by molar-refractivity contribution is 8.00. The molecule has 10 heteroatoms. The molecule has 0 aliphatic rings. The number of carbonyl (C=O) groups is 2. The monoisotopic (exact) mass is 410 g/mol. The molecule has 25 heavy (non-hydrogen) atoms. The van der Waals surface area contributed by atoms with E-state index in [1.165, 1.54) is 34.5 Å². The van der Waals surface area contributed by atoms with Gasteiger partial charge in [-0.25, -0.2) is 0 Å². The van der Waals surface area contributed by atoms with Gasteiger partial charge in [-0.2, -0.15) is 0 Å². The predicted octanol–water partition coefficient (Wildman–Crippen LogP) is 3.84. The Morgan fingerprint density at radius 3 is 2.80 bits per heavy atom. The maximum absolute atomic E-state index is 12.3. The van der Waals surface area contributed by atoms with E-state index in [1.54, 1.807) is 29.2 Å². The van der Waals surface area contributed by atoms with E-state index >= 15 is 0 Å². The molecule has 3 aromatic heterocycles. The van der Waals surface area contributed by atoms with Crippen LogP contribution in [0, 0.1) is 0 Å².